The van der Waals surface area contributed by atoms with Crippen molar-refractivity contribution < 1.29 is 4.74 Å². The molecule has 0 radical (unpaired) electrons. The molecule has 1 unspecified atom stereocenters. The van der Waals surface area contributed by atoms with Crippen molar-refractivity contribution in [3.8, 4) is 11.3 Å². The van der Waals surface area contributed by atoms with Crippen molar-refractivity contribution in [1.82, 2.24) is 9.88 Å². The van der Waals surface area contributed by atoms with E-state index in [1.54, 1.807) is 0 Å². The molecule has 0 spiro atoms. The molecule has 1 atom stereocenters. The van der Waals surface area contributed by atoms with Gasteiger partial charge in [-0.3, -0.25) is 9.88 Å². The second kappa shape index (κ2) is 4.44. The van der Waals surface area contributed by atoms with E-state index in [4.69, 9.17) is 4.74 Å². The van der Waals surface area contributed by atoms with Crippen molar-refractivity contribution in [3.63, 3.8) is 0 Å². The second-order valence-electron chi connectivity index (χ2n) is 5.08. The van der Waals surface area contributed by atoms with Crippen molar-refractivity contribution >= 4 is 0 Å². The Labute approximate surface area is 112 Å². The molecular weight excluding hydrogens is 236 g/mol. The van der Waals surface area contributed by atoms with Crippen molar-refractivity contribution in [2.45, 2.75) is 6.04 Å². The third kappa shape index (κ3) is 1.70. The standard InChI is InChI=1S/C16H16N2O/c1-2-5-13-12(4-1)15-14(6-3-7-17-15)16(13)18-8-10-19-11-9-18/h1-7,16H,8-11H2. The highest BCUT2D eigenvalue weighted by Gasteiger charge is 2.33. The second-order valence-corrected chi connectivity index (χ2v) is 5.08. The fraction of sp³-hybridized carbons (Fsp3) is 0.312. The van der Waals surface area contributed by atoms with E-state index in [0.717, 1.165) is 32.0 Å². The Morgan fingerprint density at radius 3 is 2.68 bits per heavy atom. The molecule has 1 saturated heterocycles. The minimum absolute atomic E-state index is 0.351. The van der Waals surface area contributed by atoms with E-state index in [9.17, 15) is 0 Å². The van der Waals surface area contributed by atoms with E-state index >= 15 is 0 Å². The normalized spacial score (nSPS) is 22.0. The molecule has 3 heteroatoms. The number of hydrogen-bond donors (Lipinski definition) is 0. The summed E-state index contributed by atoms with van der Waals surface area (Å²) in [6.45, 7) is 3.64. The first-order chi connectivity index (χ1) is 9.45. The van der Waals surface area contributed by atoms with Gasteiger partial charge in [0.1, 0.15) is 0 Å². The van der Waals surface area contributed by atoms with Crippen LogP contribution in [0.1, 0.15) is 17.2 Å². The molecule has 1 aromatic carbocycles. The van der Waals surface area contributed by atoms with Gasteiger partial charge in [0.15, 0.2) is 0 Å². The van der Waals surface area contributed by atoms with E-state index in [-0.39, 0.29) is 0 Å². The van der Waals surface area contributed by atoms with Crippen LogP contribution in [0.4, 0.5) is 0 Å². The number of benzene rings is 1. The van der Waals surface area contributed by atoms with Crippen LogP contribution < -0.4 is 0 Å². The van der Waals surface area contributed by atoms with Gasteiger partial charge in [-0.1, -0.05) is 30.3 Å². The van der Waals surface area contributed by atoms with Crippen molar-refractivity contribution in [2.24, 2.45) is 0 Å². The molecule has 1 fully saturated rings. The molecule has 0 amide bonds. The molecule has 2 aromatic rings. The predicted octanol–water partition coefficient (Wildman–Crippen LogP) is 2.48. The Bertz CT molecular complexity index is 560. The zero-order chi connectivity index (χ0) is 12.7. The molecule has 1 aliphatic carbocycles. The number of ether oxygens (including phenoxy) is 1. The van der Waals surface area contributed by atoms with E-state index in [0.29, 0.717) is 6.04 Å². The summed E-state index contributed by atoms with van der Waals surface area (Å²) >= 11 is 0. The van der Waals surface area contributed by atoms with Crippen molar-refractivity contribution in [3.05, 3.63) is 53.7 Å². The molecule has 19 heavy (non-hydrogen) atoms. The minimum Gasteiger partial charge on any atom is -0.379 e. The number of morpholine rings is 1. The summed E-state index contributed by atoms with van der Waals surface area (Å²) in [5.41, 5.74) is 5.16. The van der Waals surface area contributed by atoms with Crippen LogP contribution in [-0.2, 0) is 4.74 Å². The van der Waals surface area contributed by atoms with Crippen LogP contribution in [0.15, 0.2) is 42.6 Å². The first-order valence-corrected chi connectivity index (χ1v) is 6.81. The Morgan fingerprint density at radius 2 is 1.79 bits per heavy atom. The lowest BCUT2D eigenvalue weighted by Crippen LogP contribution is -2.38. The summed E-state index contributed by atoms with van der Waals surface area (Å²) in [6.07, 6.45) is 1.89. The topological polar surface area (TPSA) is 25.4 Å². The van der Waals surface area contributed by atoms with Gasteiger partial charge in [-0.2, -0.15) is 0 Å². The largest absolute Gasteiger partial charge is 0.379 e. The Morgan fingerprint density at radius 1 is 1.00 bits per heavy atom. The number of fused-ring (bicyclic) bond motifs is 3. The van der Waals surface area contributed by atoms with Crippen LogP contribution in [0.25, 0.3) is 11.3 Å². The van der Waals surface area contributed by atoms with Crippen LogP contribution in [0, 0.1) is 0 Å². The molecule has 2 heterocycles. The first kappa shape index (κ1) is 11.1. The van der Waals surface area contributed by atoms with Crippen LogP contribution in [0.3, 0.4) is 0 Å². The highest BCUT2D eigenvalue weighted by atomic mass is 16.5. The van der Waals surface area contributed by atoms with E-state index in [1.165, 1.54) is 16.7 Å². The zero-order valence-electron chi connectivity index (χ0n) is 10.7. The van der Waals surface area contributed by atoms with Crippen molar-refractivity contribution in [1.29, 1.82) is 0 Å². The molecule has 2 aliphatic rings. The number of nitrogens with zero attached hydrogens (tertiary/aromatic N) is 2. The molecule has 0 saturated carbocycles. The lowest BCUT2D eigenvalue weighted by Gasteiger charge is -2.33. The highest BCUT2D eigenvalue weighted by molar-refractivity contribution is 5.75. The van der Waals surface area contributed by atoms with Gasteiger partial charge in [-0.15, -0.1) is 0 Å². The molecule has 4 rings (SSSR count). The number of hydrogen-bond acceptors (Lipinski definition) is 3. The quantitative estimate of drug-likeness (QED) is 0.779. The number of aromatic nitrogens is 1. The van der Waals surface area contributed by atoms with E-state index < -0.39 is 0 Å². The minimum atomic E-state index is 0.351. The van der Waals surface area contributed by atoms with Crippen molar-refractivity contribution in [2.75, 3.05) is 26.3 Å². The third-order valence-corrected chi connectivity index (χ3v) is 4.05. The van der Waals surface area contributed by atoms with Gasteiger partial charge in [0.05, 0.1) is 24.9 Å². The average Bonchev–Trinajstić information content (AvgIpc) is 2.83. The third-order valence-electron chi connectivity index (χ3n) is 4.05. The Balaban J connectivity index is 1.86. The molecule has 1 aliphatic heterocycles. The van der Waals surface area contributed by atoms with Gasteiger partial charge in [-0.05, 0) is 11.6 Å². The molecule has 96 valence electrons. The fourth-order valence-corrected chi connectivity index (χ4v) is 3.21. The molecular formula is C16H16N2O. The average molecular weight is 252 g/mol. The summed E-state index contributed by atoms with van der Waals surface area (Å²) in [5.74, 6) is 0. The van der Waals surface area contributed by atoms with Crippen LogP contribution in [-0.4, -0.2) is 36.2 Å². The maximum absolute atomic E-state index is 5.48. The fourth-order valence-electron chi connectivity index (χ4n) is 3.21. The monoisotopic (exact) mass is 252 g/mol. The Hall–Kier alpha value is -1.71. The number of pyridine rings is 1. The van der Waals surface area contributed by atoms with E-state index in [1.807, 2.05) is 12.3 Å². The first-order valence-electron chi connectivity index (χ1n) is 6.81. The summed E-state index contributed by atoms with van der Waals surface area (Å²) in [6, 6.07) is 13.2. The smallest absolute Gasteiger partial charge is 0.0756 e. The molecule has 3 nitrogen and oxygen atoms in total. The SMILES string of the molecule is c1ccc2c(c1)-c1ncccc1C2N1CCOCC1. The molecule has 0 N–H and O–H groups in total. The van der Waals surface area contributed by atoms with Crippen LogP contribution in [0.2, 0.25) is 0 Å². The van der Waals surface area contributed by atoms with Crippen LogP contribution in [0.5, 0.6) is 0 Å². The van der Waals surface area contributed by atoms with Crippen LogP contribution >= 0.6 is 0 Å². The number of rotatable bonds is 1. The van der Waals surface area contributed by atoms with Gasteiger partial charge in [0.25, 0.3) is 0 Å². The van der Waals surface area contributed by atoms with Gasteiger partial charge in [0.2, 0.25) is 0 Å². The molecule has 1 aromatic heterocycles. The van der Waals surface area contributed by atoms with E-state index in [2.05, 4.69) is 40.2 Å². The van der Waals surface area contributed by atoms with Gasteiger partial charge < -0.3 is 4.74 Å². The zero-order valence-corrected chi connectivity index (χ0v) is 10.7. The maximum atomic E-state index is 5.48. The van der Waals surface area contributed by atoms with Gasteiger partial charge >= 0.3 is 0 Å². The lowest BCUT2D eigenvalue weighted by molar-refractivity contribution is 0.0247. The summed E-state index contributed by atoms with van der Waals surface area (Å²) in [5, 5.41) is 0. The summed E-state index contributed by atoms with van der Waals surface area (Å²) in [4.78, 5) is 7.10. The molecule has 0 bridgehead atoms. The Kier molecular flexibility index (Phi) is 2.60. The lowest BCUT2D eigenvalue weighted by atomic mass is 10.0. The highest BCUT2D eigenvalue weighted by Crippen LogP contribution is 2.44. The maximum Gasteiger partial charge on any atom is 0.0756 e. The summed E-state index contributed by atoms with van der Waals surface area (Å²) < 4.78 is 5.48. The van der Waals surface area contributed by atoms with Gasteiger partial charge in [0, 0.05) is 30.4 Å². The summed E-state index contributed by atoms with van der Waals surface area (Å²) in [7, 11) is 0. The predicted molar refractivity (Wildman–Crippen MR) is 73.9 cm³/mol. The van der Waals surface area contributed by atoms with Gasteiger partial charge in [-0.25, -0.2) is 0 Å².